The molecule has 0 aliphatic heterocycles. The minimum atomic E-state index is -0.796. The van der Waals surface area contributed by atoms with Gasteiger partial charge in [-0.3, -0.25) is 0 Å². The van der Waals surface area contributed by atoms with Crippen molar-refractivity contribution in [3.8, 4) is 5.75 Å². The first-order chi connectivity index (χ1) is 16.3. The molecule has 2 aliphatic carbocycles. The van der Waals surface area contributed by atoms with Crippen LogP contribution in [0.2, 0.25) is 5.02 Å². The van der Waals surface area contributed by atoms with Crippen LogP contribution in [0.3, 0.4) is 0 Å². The molecular weight excluding hydrogens is 450 g/mol. The summed E-state index contributed by atoms with van der Waals surface area (Å²) in [6.07, 6.45) is 4.99. The Morgan fingerprint density at radius 1 is 1.21 bits per heavy atom. The fourth-order valence-corrected chi connectivity index (χ4v) is 6.56. The molecule has 2 N–H and O–H groups in total. The van der Waals surface area contributed by atoms with Crippen molar-refractivity contribution in [1.29, 1.82) is 0 Å². The van der Waals surface area contributed by atoms with E-state index in [2.05, 4.69) is 31.3 Å². The van der Waals surface area contributed by atoms with Crippen molar-refractivity contribution in [3.63, 3.8) is 0 Å². The van der Waals surface area contributed by atoms with E-state index in [0.29, 0.717) is 23.8 Å². The molecule has 2 atom stereocenters. The lowest BCUT2D eigenvalue weighted by molar-refractivity contribution is -0.148. The first-order valence-electron chi connectivity index (χ1n) is 12.2. The number of carbonyl (C=O) groups excluding carboxylic acids is 1. The Morgan fingerprint density at radius 3 is 2.56 bits per heavy atom. The Labute approximate surface area is 207 Å². The van der Waals surface area contributed by atoms with Crippen molar-refractivity contribution >= 4 is 23.3 Å². The van der Waals surface area contributed by atoms with Gasteiger partial charge in [-0.2, -0.15) is 0 Å². The summed E-state index contributed by atoms with van der Waals surface area (Å²) in [5.74, 6) is 1.33. The monoisotopic (exact) mass is 485 g/mol. The number of methoxy groups -OCH3 is 2. The van der Waals surface area contributed by atoms with Gasteiger partial charge < -0.3 is 19.9 Å². The van der Waals surface area contributed by atoms with Gasteiger partial charge in [-0.15, -0.1) is 0 Å². The molecule has 2 aliphatic rings. The first-order valence-corrected chi connectivity index (χ1v) is 12.6. The third kappa shape index (κ3) is 4.40. The Morgan fingerprint density at radius 2 is 1.94 bits per heavy atom. The number of rotatable bonds is 7. The molecule has 0 radical (unpaired) electrons. The zero-order valence-corrected chi connectivity index (χ0v) is 21.4. The molecule has 1 saturated carbocycles. The summed E-state index contributed by atoms with van der Waals surface area (Å²) in [5, 5.41) is 13.9. The standard InChI is InChI=1S/C28H36ClNO4/c1-18(17-31)12-21-14-20-13-19(2)25(33-3)16-24(20)27(21)8-10-28(11-9-27,26(32)34-4)30-23-7-5-6-22(29)15-23/h5-7,13,15-16,18,21,30-31H,8-12,14,17H2,1-4H3/t18-,21?,27?,28?/m1/s1. The molecule has 184 valence electrons. The van der Waals surface area contributed by atoms with Crippen molar-refractivity contribution < 1.29 is 19.4 Å². The number of anilines is 1. The highest BCUT2D eigenvalue weighted by Crippen LogP contribution is 2.57. The zero-order valence-electron chi connectivity index (χ0n) is 20.6. The predicted octanol–water partition coefficient (Wildman–Crippen LogP) is 5.68. The van der Waals surface area contributed by atoms with E-state index < -0.39 is 5.54 Å². The summed E-state index contributed by atoms with van der Waals surface area (Å²) < 4.78 is 11.0. The molecule has 0 heterocycles. The second kappa shape index (κ2) is 9.79. The van der Waals surface area contributed by atoms with Gasteiger partial charge in [0, 0.05) is 17.3 Å². The van der Waals surface area contributed by atoms with Gasteiger partial charge in [0.1, 0.15) is 11.3 Å². The van der Waals surface area contributed by atoms with Crippen LogP contribution in [0.15, 0.2) is 36.4 Å². The van der Waals surface area contributed by atoms with Crippen molar-refractivity contribution in [3.05, 3.63) is 58.1 Å². The Balaban J connectivity index is 1.70. The van der Waals surface area contributed by atoms with Crippen LogP contribution in [0.1, 0.15) is 55.7 Å². The van der Waals surface area contributed by atoms with Crippen LogP contribution in [-0.2, 0) is 21.4 Å². The van der Waals surface area contributed by atoms with Gasteiger partial charge in [-0.25, -0.2) is 4.79 Å². The second-order valence-electron chi connectivity index (χ2n) is 10.3. The average Bonchev–Trinajstić information content (AvgIpc) is 3.10. The second-order valence-corrected chi connectivity index (χ2v) is 10.7. The number of aliphatic hydroxyl groups excluding tert-OH is 1. The number of aryl methyl sites for hydroxylation is 1. The number of nitrogens with one attached hydrogen (secondary N) is 1. The number of hydrogen-bond donors (Lipinski definition) is 2. The predicted molar refractivity (Wildman–Crippen MR) is 136 cm³/mol. The maximum Gasteiger partial charge on any atom is 0.331 e. The normalized spacial score (nSPS) is 26.7. The Hall–Kier alpha value is -2.24. The average molecular weight is 486 g/mol. The van der Waals surface area contributed by atoms with E-state index in [9.17, 15) is 9.90 Å². The lowest BCUT2D eigenvalue weighted by Gasteiger charge is -2.47. The summed E-state index contributed by atoms with van der Waals surface area (Å²) >= 11 is 6.21. The number of esters is 1. The van der Waals surface area contributed by atoms with Gasteiger partial charge >= 0.3 is 5.97 Å². The SMILES string of the molecule is COC(=O)C1(Nc2cccc(Cl)c2)CCC2(CC1)c1cc(OC)c(C)cc1CC2C[C@@H](C)CO. The van der Waals surface area contributed by atoms with Crippen LogP contribution in [0, 0.1) is 18.8 Å². The summed E-state index contributed by atoms with van der Waals surface area (Å²) in [5.41, 5.74) is 3.86. The minimum absolute atomic E-state index is 0.0483. The highest BCUT2D eigenvalue weighted by atomic mass is 35.5. The van der Waals surface area contributed by atoms with Crippen LogP contribution in [0.5, 0.6) is 5.75 Å². The number of fused-ring (bicyclic) bond motifs is 2. The molecule has 5 nitrogen and oxygen atoms in total. The molecule has 0 amide bonds. The van der Waals surface area contributed by atoms with Crippen molar-refractivity contribution in [1.82, 2.24) is 0 Å². The molecule has 0 saturated heterocycles. The van der Waals surface area contributed by atoms with E-state index in [1.807, 2.05) is 24.3 Å². The molecule has 1 spiro atoms. The van der Waals surface area contributed by atoms with Crippen LogP contribution < -0.4 is 10.1 Å². The van der Waals surface area contributed by atoms with Gasteiger partial charge in [-0.1, -0.05) is 30.7 Å². The largest absolute Gasteiger partial charge is 0.496 e. The van der Waals surface area contributed by atoms with E-state index in [4.69, 9.17) is 21.1 Å². The molecule has 2 aromatic rings. The lowest BCUT2D eigenvalue weighted by Crippen LogP contribution is -2.53. The number of carbonyl (C=O) groups is 1. The molecule has 2 aromatic carbocycles. The highest BCUT2D eigenvalue weighted by molar-refractivity contribution is 6.30. The Bertz CT molecular complexity index is 1040. The van der Waals surface area contributed by atoms with Gasteiger partial charge in [0.2, 0.25) is 0 Å². The lowest BCUT2D eigenvalue weighted by atomic mass is 9.59. The minimum Gasteiger partial charge on any atom is -0.496 e. The summed E-state index contributed by atoms with van der Waals surface area (Å²) in [4.78, 5) is 13.1. The quantitative estimate of drug-likeness (QED) is 0.493. The molecular formula is C28H36ClNO4. The zero-order chi connectivity index (χ0) is 24.5. The fraction of sp³-hybridized carbons (Fsp3) is 0.536. The van der Waals surface area contributed by atoms with E-state index in [0.717, 1.165) is 42.7 Å². The topological polar surface area (TPSA) is 67.8 Å². The van der Waals surface area contributed by atoms with Crippen molar-refractivity contribution in [2.45, 2.75) is 63.3 Å². The van der Waals surface area contributed by atoms with Gasteiger partial charge in [0.25, 0.3) is 0 Å². The maximum absolute atomic E-state index is 13.1. The van der Waals surface area contributed by atoms with Crippen LogP contribution in [-0.4, -0.2) is 37.4 Å². The maximum atomic E-state index is 13.1. The van der Waals surface area contributed by atoms with Gasteiger partial charge in [0.05, 0.1) is 14.2 Å². The third-order valence-corrected chi connectivity index (χ3v) is 8.42. The Kier molecular flexibility index (Phi) is 7.16. The van der Waals surface area contributed by atoms with Crippen molar-refractivity contribution in [2.24, 2.45) is 11.8 Å². The molecule has 0 aromatic heterocycles. The van der Waals surface area contributed by atoms with Crippen LogP contribution in [0.25, 0.3) is 0 Å². The molecule has 1 unspecified atom stereocenters. The van der Waals surface area contributed by atoms with Crippen LogP contribution in [0.4, 0.5) is 5.69 Å². The highest BCUT2D eigenvalue weighted by Gasteiger charge is 2.54. The van der Waals surface area contributed by atoms with E-state index in [-0.39, 0.29) is 23.9 Å². The number of aliphatic hydroxyl groups is 1. The number of benzene rings is 2. The fourth-order valence-electron chi connectivity index (χ4n) is 6.37. The number of ether oxygens (including phenoxy) is 2. The number of halogens is 1. The van der Waals surface area contributed by atoms with Gasteiger partial charge in [0.15, 0.2) is 0 Å². The molecule has 4 rings (SSSR count). The summed E-state index contributed by atoms with van der Waals surface area (Å²) in [6.45, 7) is 4.39. The van der Waals surface area contributed by atoms with Crippen molar-refractivity contribution in [2.75, 3.05) is 26.1 Å². The van der Waals surface area contributed by atoms with E-state index in [1.54, 1.807) is 7.11 Å². The summed E-state index contributed by atoms with van der Waals surface area (Å²) in [6, 6.07) is 12.0. The molecule has 1 fully saturated rings. The third-order valence-electron chi connectivity index (χ3n) is 8.18. The van der Waals surface area contributed by atoms with Crippen LogP contribution >= 0.6 is 11.6 Å². The van der Waals surface area contributed by atoms with E-state index in [1.165, 1.54) is 18.2 Å². The molecule has 0 bridgehead atoms. The smallest absolute Gasteiger partial charge is 0.331 e. The summed E-state index contributed by atoms with van der Waals surface area (Å²) in [7, 11) is 3.18. The molecule has 6 heteroatoms. The first kappa shape index (κ1) is 24.9. The number of hydrogen-bond acceptors (Lipinski definition) is 5. The molecule has 34 heavy (non-hydrogen) atoms. The van der Waals surface area contributed by atoms with E-state index >= 15 is 0 Å². The van der Waals surface area contributed by atoms with Gasteiger partial charge in [-0.05, 0) is 104 Å².